The van der Waals surface area contributed by atoms with Gasteiger partial charge in [0.15, 0.2) is 0 Å². The minimum atomic E-state index is -0.357. The molecule has 100 valence electrons. The van der Waals surface area contributed by atoms with Crippen molar-refractivity contribution in [2.75, 3.05) is 18.5 Å². The highest BCUT2D eigenvalue weighted by Crippen LogP contribution is 2.06. The van der Waals surface area contributed by atoms with Crippen molar-refractivity contribution in [3.63, 3.8) is 0 Å². The van der Waals surface area contributed by atoms with Gasteiger partial charge in [0.05, 0.1) is 24.9 Å². The monoisotopic (exact) mass is 261 g/mol. The zero-order valence-electron chi connectivity index (χ0n) is 10.6. The molecule has 0 fully saturated rings. The number of hydrogen-bond donors (Lipinski definition) is 1. The van der Waals surface area contributed by atoms with E-state index in [1.807, 2.05) is 0 Å². The van der Waals surface area contributed by atoms with Crippen molar-refractivity contribution >= 4 is 11.8 Å². The second-order valence-electron chi connectivity index (χ2n) is 3.75. The van der Waals surface area contributed by atoms with Gasteiger partial charge in [-0.3, -0.25) is 4.68 Å². The average Bonchev–Trinajstić information content (AvgIpc) is 2.93. The number of aromatic nitrogens is 4. The molecule has 0 spiro atoms. The van der Waals surface area contributed by atoms with Crippen molar-refractivity contribution in [2.45, 2.75) is 13.5 Å². The molecule has 0 saturated heterocycles. The normalized spacial score (nSPS) is 10.2. The molecular formula is C12H15N5O2. The van der Waals surface area contributed by atoms with Crippen molar-refractivity contribution in [3.8, 4) is 0 Å². The Balaban J connectivity index is 1.83. The highest BCUT2D eigenvalue weighted by atomic mass is 16.5. The van der Waals surface area contributed by atoms with E-state index in [0.717, 1.165) is 0 Å². The van der Waals surface area contributed by atoms with Crippen LogP contribution in [-0.4, -0.2) is 39.1 Å². The molecule has 7 heteroatoms. The third-order valence-electron chi connectivity index (χ3n) is 2.39. The van der Waals surface area contributed by atoms with Gasteiger partial charge in [-0.25, -0.2) is 9.78 Å². The van der Waals surface area contributed by atoms with Gasteiger partial charge in [-0.2, -0.15) is 0 Å². The van der Waals surface area contributed by atoms with Crippen molar-refractivity contribution in [2.24, 2.45) is 0 Å². The van der Waals surface area contributed by atoms with E-state index in [1.165, 1.54) is 6.20 Å². The number of hydrogen-bond acceptors (Lipinski definition) is 6. The lowest BCUT2D eigenvalue weighted by atomic mass is 10.3. The summed E-state index contributed by atoms with van der Waals surface area (Å²) in [6, 6.07) is 3.43. The smallest absolute Gasteiger partial charge is 0.339 e. The first kappa shape index (κ1) is 13.0. The number of esters is 1. The maximum Gasteiger partial charge on any atom is 0.339 e. The number of nitrogens with zero attached hydrogens (tertiary/aromatic N) is 4. The van der Waals surface area contributed by atoms with E-state index in [4.69, 9.17) is 4.74 Å². The maximum absolute atomic E-state index is 11.4. The second kappa shape index (κ2) is 6.48. The average molecular weight is 261 g/mol. The number of rotatable bonds is 6. The first-order valence-corrected chi connectivity index (χ1v) is 6.00. The van der Waals surface area contributed by atoms with Crippen LogP contribution < -0.4 is 5.32 Å². The fourth-order valence-electron chi connectivity index (χ4n) is 1.48. The Hall–Kier alpha value is -2.44. The summed E-state index contributed by atoms with van der Waals surface area (Å²) in [4.78, 5) is 15.6. The van der Waals surface area contributed by atoms with Crippen LogP contribution >= 0.6 is 0 Å². The van der Waals surface area contributed by atoms with Gasteiger partial charge in [0.2, 0.25) is 0 Å². The van der Waals surface area contributed by atoms with E-state index >= 15 is 0 Å². The standard InChI is InChI=1S/C12H15N5O2/c1-2-19-12(18)10-3-4-11(14-9-10)13-5-7-17-8-6-15-16-17/h3-4,6,8-9H,2,5,7H2,1H3,(H,13,14). The molecule has 0 aliphatic rings. The summed E-state index contributed by atoms with van der Waals surface area (Å²) in [6.45, 7) is 3.50. The minimum absolute atomic E-state index is 0.357. The molecule has 0 atom stereocenters. The predicted octanol–water partition coefficient (Wildman–Crippen LogP) is 0.962. The number of pyridine rings is 1. The zero-order chi connectivity index (χ0) is 13.5. The van der Waals surface area contributed by atoms with Crippen molar-refractivity contribution in [1.29, 1.82) is 0 Å². The van der Waals surface area contributed by atoms with Crippen LogP contribution in [0.4, 0.5) is 5.82 Å². The molecule has 2 heterocycles. The van der Waals surface area contributed by atoms with Crippen LogP contribution in [0, 0.1) is 0 Å². The number of anilines is 1. The van der Waals surface area contributed by atoms with E-state index in [9.17, 15) is 4.79 Å². The molecule has 2 rings (SSSR count). The Kier molecular flexibility index (Phi) is 4.44. The highest BCUT2D eigenvalue weighted by molar-refractivity contribution is 5.89. The summed E-state index contributed by atoms with van der Waals surface area (Å²) in [7, 11) is 0. The lowest BCUT2D eigenvalue weighted by molar-refractivity contribution is 0.0526. The SMILES string of the molecule is CCOC(=O)c1ccc(NCCn2ccnn2)nc1. The van der Waals surface area contributed by atoms with Crippen LogP contribution in [0.15, 0.2) is 30.7 Å². The Labute approximate surface area is 110 Å². The summed E-state index contributed by atoms with van der Waals surface area (Å²) in [5, 5.41) is 10.7. The quantitative estimate of drug-likeness (QED) is 0.780. The van der Waals surface area contributed by atoms with Crippen molar-refractivity contribution in [1.82, 2.24) is 20.0 Å². The molecule has 0 aliphatic heterocycles. The highest BCUT2D eigenvalue weighted by Gasteiger charge is 2.06. The molecule has 0 amide bonds. The summed E-state index contributed by atoms with van der Waals surface area (Å²) < 4.78 is 6.60. The van der Waals surface area contributed by atoms with Crippen LogP contribution in [0.1, 0.15) is 17.3 Å². The molecule has 0 radical (unpaired) electrons. The van der Waals surface area contributed by atoms with Crippen LogP contribution in [0.3, 0.4) is 0 Å². The fourth-order valence-corrected chi connectivity index (χ4v) is 1.48. The van der Waals surface area contributed by atoms with Crippen LogP contribution in [-0.2, 0) is 11.3 Å². The third kappa shape index (κ3) is 3.77. The van der Waals surface area contributed by atoms with Gasteiger partial charge in [0.1, 0.15) is 5.82 Å². The molecule has 2 aromatic heterocycles. The fraction of sp³-hybridized carbons (Fsp3) is 0.333. The minimum Gasteiger partial charge on any atom is -0.462 e. The molecule has 2 aromatic rings. The molecule has 19 heavy (non-hydrogen) atoms. The Bertz CT molecular complexity index is 509. The van der Waals surface area contributed by atoms with E-state index in [-0.39, 0.29) is 5.97 Å². The number of ether oxygens (including phenoxy) is 1. The van der Waals surface area contributed by atoms with E-state index < -0.39 is 0 Å². The van der Waals surface area contributed by atoms with Crippen molar-refractivity contribution < 1.29 is 9.53 Å². The molecule has 0 aromatic carbocycles. The Morgan fingerprint density at radius 2 is 2.37 bits per heavy atom. The van der Waals surface area contributed by atoms with Gasteiger partial charge in [-0.15, -0.1) is 5.10 Å². The van der Waals surface area contributed by atoms with Gasteiger partial charge in [0, 0.05) is 18.9 Å². The van der Waals surface area contributed by atoms with Crippen LogP contribution in [0.2, 0.25) is 0 Å². The largest absolute Gasteiger partial charge is 0.462 e. The topological polar surface area (TPSA) is 81.9 Å². The molecule has 0 unspecified atom stereocenters. The Morgan fingerprint density at radius 1 is 1.47 bits per heavy atom. The first-order chi connectivity index (χ1) is 9.29. The molecule has 7 nitrogen and oxygen atoms in total. The van der Waals surface area contributed by atoms with Gasteiger partial charge in [-0.05, 0) is 19.1 Å². The number of carbonyl (C=O) groups is 1. The van der Waals surface area contributed by atoms with E-state index in [0.29, 0.717) is 31.1 Å². The first-order valence-electron chi connectivity index (χ1n) is 6.00. The number of nitrogens with one attached hydrogen (secondary N) is 1. The summed E-state index contributed by atoms with van der Waals surface area (Å²) in [5.74, 6) is 0.345. The summed E-state index contributed by atoms with van der Waals surface area (Å²) in [5.41, 5.74) is 0.448. The Morgan fingerprint density at radius 3 is 3.00 bits per heavy atom. The van der Waals surface area contributed by atoms with Gasteiger partial charge in [0.25, 0.3) is 0 Å². The van der Waals surface area contributed by atoms with E-state index in [2.05, 4.69) is 20.6 Å². The van der Waals surface area contributed by atoms with Gasteiger partial charge < -0.3 is 10.1 Å². The third-order valence-corrected chi connectivity index (χ3v) is 2.39. The lowest BCUT2D eigenvalue weighted by Crippen LogP contribution is -2.12. The molecule has 1 N–H and O–H groups in total. The van der Waals surface area contributed by atoms with Crippen LogP contribution in [0.5, 0.6) is 0 Å². The predicted molar refractivity (Wildman–Crippen MR) is 68.7 cm³/mol. The summed E-state index contributed by atoms with van der Waals surface area (Å²) in [6.07, 6.45) is 4.92. The van der Waals surface area contributed by atoms with Crippen molar-refractivity contribution in [3.05, 3.63) is 36.3 Å². The second-order valence-corrected chi connectivity index (χ2v) is 3.75. The van der Waals surface area contributed by atoms with Gasteiger partial charge >= 0.3 is 5.97 Å². The number of carbonyl (C=O) groups excluding carboxylic acids is 1. The van der Waals surface area contributed by atoms with E-state index in [1.54, 1.807) is 36.1 Å². The lowest BCUT2D eigenvalue weighted by Gasteiger charge is -2.06. The molecule has 0 bridgehead atoms. The zero-order valence-corrected chi connectivity index (χ0v) is 10.6. The molecule has 0 aliphatic carbocycles. The maximum atomic E-state index is 11.4. The van der Waals surface area contributed by atoms with Crippen LogP contribution in [0.25, 0.3) is 0 Å². The summed E-state index contributed by atoms with van der Waals surface area (Å²) >= 11 is 0. The molecular weight excluding hydrogens is 246 g/mol. The van der Waals surface area contributed by atoms with Gasteiger partial charge in [-0.1, -0.05) is 5.21 Å². The molecule has 0 saturated carbocycles.